The van der Waals surface area contributed by atoms with Crippen LogP contribution in [0, 0.1) is 5.82 Å². The van der Waals surface area contributed by atoms with Crippen LogP contribution in [0.2, 0.25) is 0 Å². The summed E-state index contributed by atoms with van der Waals surface area (Å²) in [6.45, 7) is 0. The summed E-state index contributed by atoms with van der Waals surface area (Å²) in [4.78, 5) is 22.0. The van der Waals surface area contributed by atoms with Crippen LogP contribution in [0.1, 0.15) is 16.1 Å². The number of rotatable bonds is 4. The first-order valence-corrected chi connectivity index (χ1v) is 6.19. The molecule has 0 aliphatic rings. The van der Waals surface area contributed by atoms with Crippen molar-refractivity contribution in [2.45, 2.75) is 0 Å². The molecular weight excluding hydrogens is 285 g/mol. The van der Waals surface area contributed by atoms with Crippen molar-refractivity contribution in [3.8, 4) is 0 Å². The minimum atomic E-state index is -1.17. The Balaban J connectivity index is 2.13. The van der Waals surface area contributed by atoms with Crippen molar-refractivity contribution in [2.75, 3.05) is 5.32 Å². The monoisotopic (exact) mass is 293 g/mol. The zero-order valence-corrected chi connectivity index (χ0v) is 10.7. The quantitative estimate of drug-likeness (QED) is 0.841. The Hall–Kier alpha value is -2.61. The number of halogens is 1. The molecule has 0 saturated carbocycles. The first-order valence-electron chi connectivity index (χ1n) is 5.35. The molecule has 8 heteroatoms. The Morgan fingerprint density at radius 2 is 2.20 bits per heavy atom. The summed E-state index contributed by atoms with van der Waals surface area (Å²) >= 11 is 1.03. The molecule has 0 aliphatic carbocycles. The van der Waals surface area contributed by atoms with Gasteiger partial charge in [-0.15, -0.1) is 5.10 Å². The average Bonchev–Trinajstić information content (AvgIpc) is 2.91. The lowest BCUT2D eigenvalue weighted by Crippen LogP contribution is -2.12. The zero-order valence-electron chi connectivity index (χ0n) is 9.91. The van der Waals surface area contributed by atoms with E-state index in [-0.39, 0.29) is 16.9 Å². The van der Waals surface area contributed by atoms with Crippen LogP contribution in [-0.2, 0) is 4.79 Å². The molecule has 2 rings (SSSR count). The molecular formula is C12H8FN3O3S. The van der Waals surface area contributed by atoms with E-state index in [2.05, 4.69) is 14.9 Å². The number of benzene rings is 1. The van der Waals surface area contributed by atoms with Crippen LogP contribution in [0.15, 0.2) is 29.7 Å². The van der Waals surface area contributed by atoms with Gasteiger partial charge in [-0.3, -0.25) is 4.79 Å². The highest BCUT2D eigenvalue weighted by Crippen LogP contribution is 2.16. The van der Waals surface area contributed by atoms with Crippen molar-refractivity contribution in [3.63, 3.8) is 0 Å². The fraction of sp³-hybridized carbons (Fsp3) is 0. The maximum atomic E-state index is 13.7. The Morgan fingerprint density at radius 1 is 1.40 bits per heavy atom. The van der Waals surface area contributed by atoms with Gasteiger partial charge < -0.3 is 10.4 Å². The highest BCUT2D eigenvalue weighted by molar-refractivity contribution is 7.03. The molecule has 0 fully saturated rings. The third-order valence-corrected chi connectivity index (χ3v) is 2.76. The minimum Gasteiger partial charge on any atom is -0.478 e. The standard InChI is InChI=1S/C12H8FN3O3S/c13-9-5-8(3-1-7(9)2-4-11(17)18)14-12(19)10-6-20-16-15-10/h1-6H,(H,14,19)(H,17,18). The van der Waals surface area contributed by atoms with Gasteiger partial charge in [0.2, 0.25) is 0 Å². The van der Waals surface area contributed by atoms with E-state index in [9.17, 15) is 14.0 Å². The summed E-state index contributed by atoms with van der Waals surface area (Å²) in [5, 5.41) is 16.0. The van der Waals surface area contributed by atoms with Crippen LogP contribution in [0.5, 0.6) is 0 Å². The number of hydrogen-bond acceptors (Lipinski definition) is 5. The number of nitrogens with one attached hydrogen (secondary N) is 1. The van der Waals surface area contributed by atoms with Gasteiger partial charge >= 0.3 is 5.97 Å². The fourth-order valence-electron chi connectivity index (χ4n) is 1.36. The molecule has 0 unspecified atom stereocenters. The first kappa shape index (κ1) is 13.8. The number of carboxylic acids is 1. The average molecular weight is 293 g/mol. The maximum absolute atomic E-state index is 13.7. The number of carbonyl (C=O) groups is 2. The lowest BCUT2D eigenvalue weighted by molar-refractivity contribution is -0.131. The van der Waals surface area contributed by atoms with Gasteiger partial charge in [-0.2, -0.15) is 0 Å². The highest BCUT2D eigenvalue weighted by Gasteiger charge is 2.10. The lowest BCUT2D eigenvalue weighted by atomic mass is 10.1. The molecule has 6 nitrogen and oxygen atoms in total. The number of carbonyl (C=O) groups excluding carboxylic acids is 1. The highest BCUT2D eigenvalue weighted by atomic mass is 32.1. The van der Waals surface area contributed by atoms with Gasteiger partial charge in [-0.25, -0.2) is 9.18 Å². The summed E-state index contributed by atoms with van der Waals surface area (Å²) in [6.07, 6.45) is 1.96. The number of nitrogens with zero attached hydrogens (tertiary/aromatic N) is 2. The fourth-order valence-corrected chi connectivity index (χ4v) is 1.80. The van der Waals surface area contributed by atoms with Crippen LogP contribution < -0.4 is 5.32 Å². The Morgan fingerprint density at radius 3 is 2.80 bits per heavy atom. The molecule has 102 valence electrons. The molecule has 1 aromatic carbocycles. The predicted molar refractivity (Wildman–Crippen MR) is 70.9 cm³/mol. The first-order chi connectivity index (χ1) is 9.56. The largest absolute Gasteiger partial charge is 0.478 e. The smallest absolute Gasteiger partial charge is 0.328 e. The predicted octanol–water partition coefficient (Wildman–Crippen LogP) is 2.03. The second kappa shape index (κ2) is 6.02. The molecule has 0 atom stereocenters. The van der Waals surface area contributed by atoms with E-state index in [0.717, 1.165) is 29.8 Å². The number of aromatic nitrogens is 2. The summed E-state index contributed by atoms with van der Waals surface area (Å²) in [5.41, 5.74) is 0.499. The van der Waals surface area contributed by atoms with E-state index >= 15 is 0 Å². The minimum absolute atomic E-state index is 0.112. The number of amides is 1. The molecule has 0 spiro atoms. The van der Waals surface area contributed by atoms with Gasteiger partial charge in [0.05, 0.1) is 0 Å². The van der Waals surface area contributed by atoms with Crippen LogP contribution in [0.25, 0.3) is 6.08 Å². The molecule has 20 heavy (non-hydrogen) atoms. The molecule has 1 amide bonds. The van der Waals surface area contributed by atoms with Crippen molar-refractivity contribution in [3.05, 3.63) is 46.7 Å². The van der Waals surface area contributed by atoms with Gasteiger partial charge in [-0.05, 0) is 35.8 Å². The van der Waals surface area contributed by atoms with E-state index in [4.69, 9.17) is 5.11 Å². The van der Waals surface area contributed by atoms with Crippen LogP contribution >= 0.6 is 11.5 Å². The van der Waals surface area contributed by atoms with E-state index in [1.807, 2.05) is 0 Å². The molecule has 1 aromatic heterocycles. The van der Waals surface area contributed by atoms with Crippen LogP contribution in [-0.4, -0.2) is 26.6 Å². The molecule has 0 aliphatic heterocycles. The molecule has 0 saturated heterocycles. The maximum Gasteiger partial charge on any atom is 0.328 e. The molecule has 2 N–H and O–H groups in total. The Labute approximate surface area is 116 Å². The van der Waals surface area contributed by atoms with Crippen molar-refractivity contribution < 1.29 is 19.1 Å². The van der Waals surface area contributed by atoms with Crippen LogP contribution in [0.4, 0.5) is 10.1 Å². The summed E-state index contributed by atoms with van der Waals surface area (Å²) in [6, 6.07) is 3.92. The number of aliphatic carboxylic acids is 1. The Kier molecular flexibility index (Phi) is 4.16. The van der Waals surface area contributed by atoms with Crippen molar-refractivity contribution >= 4 is 35.2 Å². The van der Waals surface area contributed by atoms with Crippen molar-refractivity contribution in [1.29, 1.82) is 0 Å². The summed E-state index contributed by atoms with van der Waals surface area (Å²) in [7, 11) is 0. The van der Waals surface area contributed by atoms with Crippen molar-refractivity contribution in [1.82, 2.24) is 9.59 Å². The van der Waals surface area contributed by atoms with E-state index in [1.165, 1.54) is 17.5 Å². The third-order valence-electron chi connectivity index (χ3n) is 2.26. The van der Waals surface area contributed by atoms with Crippen LogP contribution in [0.3, 0.4) is 0 Å². The van der Waals surface area contributed by atoms with Gasteiger partial charge in [0.25, 0.3) is 5.91 Å². The summed E-state index contributed by atoms with van der Waals surface area (Å²) in [5.74, 6) is -2.30. The van der Waals surface area contributed by atoms with Gasteiger partial charge in [0.15, 0.2) is 5.69 Å². The van der Waals surface area contributed by atoms with Gasteiger partial charge in [-0.1, -0.05) is 4.49 Å². The molecule has 0 bridgehead atoms. The lowest BCUT2D eigenvalue weighted by Gasteiger charge is -2.04. The Bertz CT molecular complexity index is 671. The molecule has 1 heterocycles. The van der Waals surface area contributed by atoms with Gasteiger partial charge in [0.1, 0.15) is 5.82 Å². The molecule has 0 radical (unpaired) electrons. The third kappa shape index (κ3) is 3.45. The zero-order chi connectivity index (χ0) is 14.5. The second-order valence-electron chi connectivity index (χ2n) is 3.65. The van der Waals surface area contributed by atoms with E-state index in [0.29, 0.717) is 0 Å². The van der Waals surface area contributed by atoms with E-state index in [1.54, 1.807) is 0 Å². The number of hydrogen-bond donors (Lipinski definition) is 2. The SMILES string of the molecule is O=C(O)C=Cc1ccc(NC(=O)c2csnn2)cc1F. The second-order valence-corrected chi connectivity index (χ2v) is 4.26. The topological polar surface area (TPSA) is 92.2 Å². The van der Waals surface area contributed by atoms with Crippen molar-refractivity contribution in [2.24, 2.45) is 0 Å². The molecule has 2 aromatic rings. The normalized spacial score (nSPS) is 10.7. The summed E-state index contributed by atoms with van der Waals surface area (Å²) < 4.78 is 17.2. The van der Waals surface area contributed by atoms with Gasteiger partial charge in [0, 0.05) is 22.7 Å². The van der Waals surface area contributed by atoms with E-state index < -0.39 is 17.7 Å². The number of anilines is 1. The number of carboxylic acid groups (broad SMARTS) is 1.